The number of aliphatic hydroxyl groups is 6. The molecule has 1 saturated heterocycles. The van der Waals surface area contributed by atoms with Gasteiger partial charge in [0.2, 0.25) is 6.29 Å². The van der Waals surface area contributed by atoms with Gasteiger partial charge in [-0.3, -0.25) is 0 Å². The second kappa shape index (κ2) is 8.50. The smallest absolute Gasteiger partial charge is 0.270 e. The van der Waals surface area contributed by atoms with Gasteiger partial charge in [0.05, 0.1) is 18.2 Å². The Balaban J connectivity index is 1.63. The van der Waals surface area contributed by atoms with Gasteiger partial charge in [0.25, 0.3) is 11.9 Å². The minimum Gasteiger partial charge on any atom is -0.571 e. The monoisotopic (exact) mass is 467 g/mol. The quantitative estimate of drug-likeness (QED) is 0.208. The summed E-state index contributed by atoms with van der Waals surface area (Å²) in [7, 11) is 0. The average Bonchev–Trinajstić information content (AvgIpc) is 2.77. The van der Waals surface area contributed by atoms with Gasteiger partial charge in [0, 0.05) is 12.1 Å². The number of fused-ring (bicyclic) bond motifs is 1. The summed E-state index contributed by atoms with van der Waals surface area (Å²) < 4.78 is 15.1. The Hall–Kier alpha value is -3.42. The Labute approximate surface area is 186 Å². The number of hydrogen-bond donors (Lipinski definition) is 9. The molecule has 0 radical (unpaired) electrons. The molecular formula is C21H23O12+. The van der Waals surface area contributed by atoms with Crippen LogP contribution in [0.2, 0.25) is 0 Å². The van der Waals surface area contributed by atoms with E-state index in [1.165, 1.54) is 12.1 Å². The van der Waals surface area contributed by atoms with Crippen LogP contribution in [0.3, 0.4) is 0 Å². The standard InChI is InChI=1S/C21H22O12/c22-6-15-17(28)18(29)19(30)21(33-15)31-8-3-10(23)9-5-13(26)20(32-14(9)4-8)7-1-11(24)16(27)12(25)2-7/h1-5,15,17-30H,6H2/p+1/t15-,17+,18-,19+,20?,21+/m0/s1. The number of rotatable bonds is 4. The molecule has 1 fully saturated rings. The number of phenols is 4. The molecule has 12 nitrogen and oxygen atoms in total. The highest BCUT2D eigenvalue weighted by molar-refractivity contribution is 5.69. The molecule has 10 N–H and O–H groups in total. The third kappa shape index (κ3) is 4.05. The lowest BCUT2D eigenvalue weighted by Gasteiger charge is -2.39. The number of aliphatic hydroxyl groups excluding tert-OH is 5. The summed E-state index contributed by atoms with van der Waals surface area (Å²) in [4.78, 5) is 0. The Morgan fingerprint density at radius 1 is 0.848 bits per heavy atom. The van der Waals surface area contributed by atoms with Crippen LogP contribution in [-0.4, -0.2) is 88.0 Å². The molecule has 2 aromatic carbocycles. The summed E-state index contributed by atoms with van der Waals surface area (Å²) in [5.74, 6) is -2.56. The first kappa shape index (κ1) is 22.8. The van der Waals surface area contributed by atoms with Gasteiger partial charge in [-0.15, -0.1) is 0 Å². The van der Waals surface area contributed by atoms with Crippen LogP contribution in [0.25, 0.3) is 6.08 Å². The van der Waals surface area contributed by atoms with E-state index < -0.39 is 60.7 Å². The maximum Gasteiger partial charge on any atom is 0.270 e. The average molecular weight is 467 g/mol. The third-order valence-electron chi connectivity index (χ3n) is 5.46. The van der Waals surface area contributed by atoms with Gasteiger partial charge in [-0.25, -0.2) is 0 Å². The van der Waals surface area contributed by atoms with E-state index in [-0.39, 0.29) is 34.1 Å². The number of benzene rings is 2. The molecule has 4 rings (SSSR count). The van der Waals surface area contributed by atoms with Crippen LogP contribution in [0, 0.1) is 0 Å². The molecular weight excluding hydrogens is 444 g/mol. The third-order valence-corrected chi connectivity index (χ3v) is 5.46. The van der Waals surface area contributed by atoms with E-state index in [2.05, 4.69) is 4.74 Å². The van der Waals surface area contributed by atoms with Crippen molar-refractivity contribution < 1.29 is 60.2 Å². The fourth-order valence-electron chi connectivity index (χ4n) is 3.68. The van der Waals surface area contributed by atoms with Crippen molar-refractivity contribution in [1.82, 2.24) is 0 Å². The van der Waals surface area contributed by atoms with Gasteiger partial charge >= 0.3 is 0 Å². The van der Waals surface area contributed by atoms with Crippen molar-refractivity contribution in [2.75, 3.05) is 6.61 Å². The van der Waals surface area contributed by atoms with Crippen LogP contribution in [0.1, 0.15) is 17.2 Å². The molecule has 0 spiro atoms. The van der Waals surface area contributed by atoms with Crippen molar-refractivity contribution in [3.05, 3.63) is 41.2 Å². The van der Waals surface area contributed by atoms with E-state index in [0.717, 1.165) is 18.2 Å². The number of ether oxygens (including phenoxy) is 3. The van der Waals surface area contributed by atoms with Crippen molar-refractivity contribution in [1.29, 1.82) is 0 Å². The Bertz CT molecular complexity index is 1060. The molecule has 0 amide bonds. The van der Waals surface area contributed by atoms with Crippen molar-refractivity contribution in [2.45, 2.75) is 36.8 Å². The molecule has 0 bridgehead atoms. The molecule has 0 aromatic heterocycles. The van der Waals surface area contributed by atoms with Crippen molar-refractivity contribution in [3.63, 3.8) is 0 Å². The number of hydrogen-bond acceptors (Lipinski definition) is 11. The minimum absolute atomic E-state index is 0.0516. The Morgan fingerprint density at radius 2 is 1.52 bits per heavy atom. The van der Waals surface area contributed by atoms with Crippen LogP contribution >= 0.6 is 0 Å². The predicted octanol–water partition coefficient (Wildman–Crippen LogP) is -0.417. The molecule has 2 aromatic rings. The van der Waals surface area contributed by atoms with Gasteiger partial charge in [0.1, 0.15) is 41.5 Å². The molecule has 33 heavy (non-hydrogen) atoms. The minimum atomic E-state index is -1.67. The predicted molar refractivity (Wildman–Crippen MR) is 109 cm³/mol. The summed E-state index contributed by atoms with van der Waals surface area (Å²) in [5.41, 5.74) is 0.277. The van der Waals surface area contributed by atoms with Gasteiger partial charge in [-0.05, 0) is 12.1 Å². The zero-order chi connectivity index (χ0) is 24.0. The van der Waals surface area contributed by atoms with Crippen molar-refractivity contribution >= 4 is 6.08 Å². The topological polar surface area (TPSA) is 213 Å². The van der Waals surface area contributed by atoms with Crippen LogP contribution < -0.4 is 4.74 Å². The molecule has 178 valence electrons. The first-order valence-corrected chi connectivity index (χ1v) is 9.81. The van der Waals surface area contributed by atoms with Crippen LogP contribution in [0.4, 0.5) is 0 Å². The van der Waals surface area contributed by atoms with Crippen LogP contribution in [0.15, 0.2) is 30.0 Å². The van der Waals surface area contributed by atoms with E-state index in [0.29, 0.717) is 0 Å². The summed E-state index contributed by atoms with van der Waals surface area (Å²) in [6, 6.07) is 4.70. The molecule has 0 aliphatic carbocycles. The highest BCUT2D eigenvalue weighted by Gasteiger charge is 2.45. The molecule has 1 unspecified atom stereocenters. The first-order chi connectivity index (χ1) is 15.6. The van der Waals surface area contributed by atoms with E-state index in [1.54, 1.807) is 0 Å². The van der Waals surface area contributed by atoms with E-state index >= 15 is 0 Å². The van der Waals surface area contributed by atoms with Gasteiger partial charge in [-0.2, -0.15) is 0 Å². The van der Waals surface area contributed by atoms with Gasteiger partial charge < -0.3 is 60.2 Å². The van der Waals surface area contributed by atoms with E-state index in [9.17, 15) is 46.0 Å². The summed E-state index contributed by atoms with van der Waals surface area (Å²) in [5, 5.41) is 89.1. The molecule has 2 aliphatic rings. The van der Waals surface area contributed by atoms with Crippen LogP contribution in [-0.2, 0) is 4.74 Å². The Kier molecular flexibility index (Phi) is 5.86. The van der Waals surface area contributed by atoms with E-state index in [4.69, 9.17) is 9.47 Å². The fraction of sp³-hybridized carbons (Fsp3) is 0.333. The van der Waals surface area contributed by atoms with Gasteiger partial charge in [-0.1, -0.05) is 0 Å². The zero-order valence-electron chi connectivity index (χ0n) is 16.8. The normalized spacial score (nSPS) is 29.0. The lowest BCUT2D eigenvalue weighted by atomic mass is 9.99. The molecule has 2 heterocycles. The molecule has 12 heteroatoms. The second-order valence-corrected chi connectivity index (χ2v) is 7.70. The SMILES string of the molecule is OC[C@@H]1O[C@@H](Oc2cc(O)c3c(c2)[OH+]C(c2cc(O)c(O)c(O)c2)C(O)=C3)[C@H](O)[C@@H](O)[C@@H]1O. The van der Waals surface area contributed by atoms with E-state index in [1.807, 2.05) is 0 Å². The zero-order valence-corrected chi connectivity index (χ0v) is 16.8. The highest BCUT2D eigenvalue weighted by atomic mass is 16.7. The summed E-state index contributed by atoms with van der Waals surface area (Å²) >= 11 is 0. The van der Waals surface area contributed by atoms with Crippen molar-refractivity contribution in [3.8, 4) is 34.5 Å². The molecule has 6 atom stereocenters. The first-order valence-electron chi connectivity index (χ1n) is 9.81. The molecule has 0 saturated carbocycles. The summed E-state index contributed by atoms with van der Waals surface area (Å²) in [6.07, 6.45) is -7.45. The van der Waals surface area contributed by atoms with Gasteiger partial charge in [0.15, 0.2) is 23.0 Å². The lowest BCUT2D eigenvalue weighted by molar-refractivity contribution is -0.277. The van der Waals surface area contributed by atoms with Crippen molar-refractivity contribution in [2.24, 2.45) is 0 Å². The largest absolute Gasteiger partial charge is 0.571 e. The molecule has 2 aliphatic heterocycles. The summed E-state index contributed by atoms with van der Waals surface area (Å²) in [6.45, 7) is -0.645. The van der Waals surface area contributed by atoms with Crippen LogP contribution in [0.5, 0.6) is 34.5 Å². The maximum absolute atomic E-state index is 10.4. The fourth-order valence-corrected chi connectivity index (χ4v) is 3.68. The maximum atomic E-state index is 10.4. The number of aromatic hydroxyl groups is 5. The highest BCUT2D eigenvalue weighted by Crippen LogP contribution is 2.46. The number of phenolic OH excluding ortho intramolecular Hbond substituents is 4. The lowest BCUT2D eigenvalue weighted by Crippen LogP contribution is -2.60. The Morgan fingerprint density at radius 3 is 2.15 bits per heavy atom. The second-order valence-electron chi connectivity index (χ2n) is 7.70.